The minimum atomic E-state index is 0.248. The molecular weight excluding hydrogens is 342 g/mol. The fraction of sp³-hybridized carbons (Fsp3) is 0.571. The molecule has 1 aromatic heterocycles. The maximum absolute atomic E-state index is 13.0. The third kappa shape index (κ3) is 3.90. The molecule has 1 amide bonds. The molecule has 2 fully saturated rings. The molecule has 0 aliphatic carbocycles. The van der Waals surface area contributed by atoms with Crippen molar-refractivity contribution in [3.8, 4) is 0 Å². The predicted molar refractivity (Wildman–Crippen MR) is 100 cm³/mol. The second-order valence-electron chi connectivity index (χ2n) is 7.81. The highest BCUT2D eigenvalue weighted by atomic mass is 16.5. The first kappa shape index (κ1) is 18.2. The number of amides is 1. The number of carbonyl (C=O) groups is 1. The number of aryl methyl sites for hydroxylation is 1. The molecule has 0 spiro atoms. The number of fused-ring (bicyclic) bond motifs is 2. The second kappa shape index (κ2) is 7.80. The molecule has 0 radical (unpaired) electrons. The molecule has 2 aliphatic rings. The van der Waals surface area contributed by atoms with Crippen LogP contribution >= 0.6 is 0 Å². The molecule has 2 saturated heterocycles. The number of piperidine rings is 1. The number of hydrogen-bond acceptors (Lipinski definition) is 5. The molecule has 3 heterocycles. The van der Waals surface area contributed by atoms with Gasteiger partial charge in [0.2, 0.25) is 11.8 Å². The van der Waals surface area contributed by atoms with Gasteiger partial charge in [0.25, 0.3) is 0 Å². The van der Waals surface area contributed by atoms with Crippen molar-refractivity contribution in [3.05, 3.63) is 47.1 Å². The number of ether oxygens (including phenoxy) is 1. The van der Waals surface area contributed by atoms with E-state index in [0.717, 1.165) is 37.1 Å². The molecule has 0 saturated carbocycles. The summed E-state index contributed by atoms with van der Waals surface area (Å²) in [4.78, 5) is 19.7. The van der Waals surface area contributed by atoms with Crippen LogP contribution in [0.15, 0.2) is 28.8 Å². The van der Waals surface area contributed by atoms with Crippen LogP contribution in [0, 0.1) is 6.92 Å². The van der Waals surface area contributed by atoms with E-state index in [4.69, 9.17) is 9.26 Å². The molecule has 6 nitrogen and oxygen atoms in total. The van der Waals surface area contributed by atoms with Crippen molar-refractivity contribution in [2.45, 2.75) is 63.5 Å². The van der Waals surface area contributed by atoms with E-state index in [1.807, 2.05) is 12.1 Å². The Morgan fingerprint density at radius 1 is 1.30 bits per heavy atom. The summed E-state index contributed by atoms with van der Waals surface area (Å²) in [5, 5.41) is 4.07. The van der Waals surface area contributed by atoms with Crippen LogP contribution in [0.3, 0.4) is 0 Å². The molecule has 3 atom stereocenters. The lowest BCUT2D eigenvalue weighted by Crippen LogP contribution is -2.46. The summed E-state index contributed by atoms with van der Waals surface area (Å²) in [6.45, 7) is 2.66. The van der Waals surface area contributed by atoms with E-state index >= 15 is 0 Å². The van der Waals surface area contributed by atoms with Gasteiger partial charge in [-0.05, 0) is 38.2 Å². The largest absolute Gasteiger partial charge is 0.384 e. The van der Waals surface area contributed by atoms with Gasteiger partial charge in [0.1, 0.15) is 0 Å². The molecule has 0 N–H and O–H groups in total. The van der Waals surface area contributed by atoms with Crippen molar-refractivity contribution in [1.29, 1.82) is 0 Å². The third-order valence-corrected chi connectivity index (χ3v) is 5.82. The maximum atomic E-state index is 13.0. The van der Waals surface area contributed by atoms with Gasteiger partial charge in [-0.15, -0.1) is 0 Å². The molecule has 2 aromatic rings. The Morgan fingerprint density at radius 2 is 2.07 bits per heavy atom. The first-order chi connectivity index (χ1) is 13.1. The molecular formula is C21H27N3O3. The lowest BCUT2D eigenvalue weighted by atomic mass is 9.90. The standard InChI is InChI=1S/C21H27N3O3/c1-14-4-3-5-15(10-14)11-20(25)24-17-6-7-18(24)13-16(12-17)21-22-19(23-27-21)8-9-26-2/h3-5,10,16-18H,6-9,11-13H2,1-2H3/t16?,17-,18+. The minimum Gasteiger partial charge on any atom is -0.384 e. The van der Waals surface area contributed by atoms with Gasteiger partial charge in [-0.1, -0.05) is 35.0 Å². The molecule has 2 aliphatic heterocycles. The van der Waals surface area contributed by atoms with E-state index < -0.39 is 0 Å². The van der Waals surface area contributed by atoms with Crippen LogP contribution in [0.1, 0.15) is 54.4 Å². The van der Waals surface area contributed by atoms with Crippen LogP contribution in [-0.4, -0.2) is 46.7 Å². The summed E-state index contributed by atoms with van der Waals surface area (Å²) >= 11 is 0. The Labute approximate surface area is 159 Å². The fourth-order valence-corrected chi connectivity index (χ4v) is 4.60. The van der Waals surface area contributed by atoms with Gasteiger partial charge in [0.05, 0.1) is 13.0 Å². The van der Waals surface area contributed by atoms with Crippen LogP contribution < -0.4 is 0 Å². The van der Waals surface area contributed by atoms with Crippen molar-refractivity contribution in [1.82, 2.24) is 15.0 Å². The van der Waals surface area contributed by atoms with Crippen LogP contribution in [0.25, 0.3) is 0 Å². The lowest BCUT2D eigenvalue weighted by Gasteiger charge is -2.38. The van der Waals surface area contributed by atoms with Crippen molar-refractivity contribution < 1.29 is 14.1 Å². The topological polar surface area (TPSA) is 68.5 Å². The molecule has 1 unspecified atom stereocenters. The second-order valence-corrected chi connectivity index (χ2v) is 7.81. The predicted octanol–water partition coefficient (Wildman–Crippen LogP) is 3.05. The highest BCUT2D eigenvalue weighted by Crippen LogP contribution is 2.42. The number of carbonyl (C=O) groups excluding carboxylic acids is 1. The Kier molecular flexibility index (Phi) is 5.25. The van der Waals surface area contributed by atoms with Crippen LogP contribution in [0.4, 0.5) is 0 Å². The van der Waals surface area contributed by atoms with E-state index in [1.165, 1.54) is 5.56 Å². The van der Waals surface area contributed by atoms with Gasteiger partial charge < -0.3 is 14.2 Å². The monoisotopic (exact) mass is 369 g/mol. The van der Waals surface area contributed by atoms with Gasteiger partial charge in [-0.3, -0.25) is 4.79 Å². The molecule has 4 rings (SSSR count). The first-order valence-corrected chi connectivity index (χ1v) is 9.82. The van der Waals surface area contributed by atoms with Crippen molar-refractivity contribution in [3.63, 3.8) is 0 Å². The Hall–Kier alpha value is -2.21. The highest BCUT2D eigenvalue weighted by molar-refractivity contribution is 5.80. The minimum absolute atomic E-state index is 0.248. The molecule has 27 heavy (non-hydrogen) atoms. The van der Waals surface area contributed by atoms with E-state index in [0.29, 0.717) is 37.4 Å². The lowest BCUT2D eigenvalue weighted by molar-refractivity contribution is -0.135. The number of benzene rings is 1. The normalized spacial score (nSPS) is 24.4. The summed E-state index contributed by atoms with van der Waals surface area (Å²) < 4.78 is 10.6. The van der Waals surface area contributed by atoms with Gasteiger partial charge in [0, 0.05) is 31.5 Å². The summed E-state index contributed by atoms with van der Waals surface area (Å²) in [5.41, 5.74) is 2.30. The highest BCUT2D eigenvalue weighted by Gasteiger charge is 2.44. The first-order valence-electron chi connectivity index (χ1n) is 9.82. The number of methoxy groups -OCH3 is 1. The summed E-state index contributed by atoms with van der Waals surface area (Å²) in [6, 6.07) is 8.82. The Balaban J connectivity index is 1.41. The average Bonchev–Trinajstić information content (AvgIpc) is 3.22. The summed E-state index contributed by atoms with van der Waals surface area (Å²) in [6.07, 6.45) is 5.14. The van der Waals surface area contributed by atoms with Crippen molar-refractivity contribution in [2.75, 3.05) is 13.7 Å². The number of nitrogens with zero attached hydrogens (tertiary/aromatic N) is 3. The molecule has 2 bridgehead atoms. The van der Waals surface area contributed by atoms with E-state index in [9.17, 15) is 4.79 Å². The van der Waals surface area contributed by atoms with E-state index in [-0.39, 0.29) is 11.8 Å². The van der Waals surface area contributed by atoms with Crippen LogP contribution in [0.5, 0.6) is 0 Å². The van der Waals surface area contributed by atoms with Gasteiger partial charge in [0.15, 0.2) is 5.82 Å². The Morgan fingerprint density at radius 3 is 2.78 bits per heavy atom. The van der Waals surface area contributed by atoms with E-state index in [2.05, 4.69) is 34.1 Å². The number of hydrogen-bond donors (Lipinski definition) is 0. The zero-order valence-corrected chi connectivity index (χ0v) is 16.1. The third-order valence-electron chi connectivity index (χ3n) is 5.82. The quantitative estimate of drug-likeness (QED) is 0.783. The summed E-state index contributed by atoms with van der Waals surface area (Å²) in [5.74, 6) is 1.94. The maximum Gasteiger partial charge on any atom is 0.229 e. The van der Waals surface area contributed by atoms with Gasteiger partial charge >= 0.3 is 0 Å². The fourth-order valence-electron chi connectivity index (χ4n) is 4.60. The SMILES string of the molecule is COCCc1noc(C2C[C@H]3CC[C@@H](C2)N3C(=O)Cc2cccc(C)c2)n1. The van der Waals surface area contributed by atoms with Crippen LogP contribution in [-0.2, 0) is 22.4 Å². The van der Waals surface area contributed by atoms with Gasteiger partial charge in [-0.25, -0.2) is 0 Å². The average molecular weight is 369 g/mol. The number of rotatable bonds is 6. The van der Waals surface area contributed by atoms with Crippen LogP contribution in [0.2, 0.25) is 0 Å². The zero-order valence-electron chi connectivity index (χ0n) is 16.1. The molecule has 6 heteroatoms. The van der Waals surface area contributed by atoms with Crippen molar-refractivity contribution >= 4 is 5.91 Å². The van der Waals surface area contributed by atoms with E-state index in [1.54, 1.807) is 7.11 Å². The zero-order chi connectivity index (χ0) is 18.8. The molecule has 144 valence electrons. The Bertz CT molecular complexity index is 789. The molecule has 1 aromatic carbocycles. The van der Waals surface area contributed by atoms with Gasteiger partial charge in [-0.2, -0.15) is 4.98 Å². The number of aromatic nitrogens is 2. The smallest absolute Gasteiger partial charge is 0.229 e. The summed E-state index contributed by atoms with van der Waals surface area (Å²) in [7, 11) is 1.67. The van der Waals surface area contributed by atoms with Crippen molar-refractivity contribution in [2.24, 2.45) is 0 Å².